The van der Waals surface area contributed by atoms with E-state index in [0.717, 1.165) is 18.7 Å². The Balaban J connectivity index is 2.52. The Hall–Kier alpha value is -1.19. The zero-order valence-electron chi connectivity index (χ0n) is 6.59. The molecule has 0 aromatic carbocycles. The smallest absolute Gasteiger partial charge is 0.169 e. The van der Waals surface area contributed by atoms with Gasteiger partial charge in [-0.2, -0.15) is 5.10 Å². The second kappa shape index (κ2) is 2.15. The van der Waals surface area contributed by atoms with E-state index in [2.05, 4.69) is 10.4 Å². The van der Waals surface area contributed by atoms with Gasteiger partial charge in [-0.25, -0.2) is 0 Å². The number of fused-ring (bicyclic) bond motifs is 1. The number of hydrogen-bond donors (Lipinski definition) is 2. The number of nitrogens with zero attached hydrogens (tertiary/aromatic N) is 2. The molecule has 0 atom stereocenters. The number of aryl methyl sites for hydroxylation is 1. The lowest BCUT2D eigenvalue weighted by Crippen LogP contribution is -2.13. The average Bonchev–Trinajstić information content (AvgIpc) is 2.30. The first kappa shape index (κ1) is 6.52. The van der Waals surface area contributed by atoms with Crippen LogP contribution < -0.4 is 11.1 Å². The molecule has 0 amide bonds. The molecular formula is C7H12N4. The van der Waals surface area contributed by atoms with Gasteiger partial charge in [-0.15, -0.1) is 0 Å². The van der Waals surface area contributed by atoms with Gasteiger partial charge in [0.25, 0.3) is 0 Å². The summed E-state index contributed by atoms with van der Waals surface area (Å²) < 4.78 is 1.86. The molecule has 0 saturated heterocycles. The van der Waals surface area contributed by atoms with Crippen LogP contribution in [0.1, 0.15) is 12.1 Å². The summed E-state index contributed by atoms with van der Waals surface area (Å²) in [6, 6.07) is 0. The van der Waals surface area contributed by atoms with Crippen molar-refractivity contribution in [2.75, 3.05) is 17.6 Å². The highest BCUT2D eigenvalue weighted by Gasteiger charge is 2.16. The van der Waals surface area contributed by atoms with Crippen molar-refractivity contribution in [1.82, 2.24) is 9.78 Å². The molecule has 11 heavy (non-hydrogen) atoms. The van der Waals surface area contributed by atoms with Crippen LogP contribution in [0.2, 0.25) is 0 Å². The molecule has 2 heterocycles. The van der Waals surface area contributed by atoms with Gasteiger partial charge in [0.05, 0.1) is 5.69 Å². The fourth-order valence-electron chi connectivity index (χ4n) is 1.53. The zero-order valence-corrected chi connectivity index (χ0v) is 6.59. The summed E-state index contributed by atoms with van der Waals surface area (Å²) >= 11 is 0. The van der Waals surface area contributed by atoms with Crippen molar-refractivity contribution < 1.29 is 0 Å². The lowest BCUT2D eigenvalue weighted by Gasteiger charge is -2.13. The Morgan fingerprint density at radius 1 is 1.64 bits per heavy atom. The summed E-state index contributed by atoms with van der Waals surface area (Å²) in [5.74, 6) is 0.627. The number of rotatable bonds is 0. The Morgan fingerprint density at radius 3 is 3.18 bits per heavy atom. The highest BCUT2D eigenvalue weighted by atomic mass is 15.3. The van der Waals surface area contributed by atoms with E-state index in [9.17, 15) is 0 Å². The number of anilines is 2. The predicted molar refractivity (Wildman–Crippen MR) is 44.4 cm³/mol. The summed E-state index contributed by atoms with van der Waals surface area (Å²) in [6.45, 7) is 1.02. The SMILES string of the molecule is Cn1nc(N)c2c1CCCN2. The molecule has 60 valence electrons. The van der Waals surface area contributed by atoms with Crippen LogP contribution in [0.4, 0.5) is 11.5 Å². The summed E-state index contributed by atoms with van der Waals surface area (Å²) in [5.41, 5.74) is 7.94. The molecule has 2 rings (SSSR count). The van der Waals surface area contributed by atoms with Crippen molar-refractivity contribution in [3.8, 4) is 0 Å². The van der Waals surface area contributed by atoms with Gasteiger partial charge in [0.15, 0.2) is 5.82 Å². The van der Waals surface area contributed by atoms with Crippen LogP contribution in [-0.2, 0) is 13.5 Å². The van der Waals surface area contributed by atoms with Crippen molar-refractivity contribution in [2.45, 2.75) is 12.8 Å². The minimum atomic E-state index is 0.627. The Kier molecular flexibility index (Phi) is 1.27. The van der Waals surface area contributed by atoms with E-state index >= 15 is 0 Å². The third-order valence-corrected chi connectivity index (χ3v) is 2.09. The third kappa shape index (κ3) is 0.859. The molecule has 1 aliphatic heterocycles. The molecule has 0 aliphatic carbocycles. The van der Waals surface area contributed by atoms with E-state index in [1.54, 1.807) is 0 Å². The molecule has 0 saturated carbocycles. The second-order valence-electron chi connectivity index (χ2n) is 2.86. The van der Waals surface area contributed by atoms with Gasteiger partial charge < -0.3 is 11.1 Å². The zero-order chi connectivity index (χ0) is 7.84. The monoisotopic (exact) mass is 152 g/mol. The lowest BCUT2D eigenvalue weighted by molar-refractivity contribution is 0.683. The molecule has 1 aromatic heterocycles. The largest absolute Gasteiger partial charge is 0.381 e. The molecule has 3 N–H and O–H groups in total. The van der Waals surface area contributed by atoms with E-state index in [1.807, 2.05) is 11.7 Å². The van der Waals surface area contributed by atoms with Gasteiger partial charge in [-0.1, -0.05) is 0 Å². The molecule has 0 bridgehead atoms. The van der Waals surface area contributed by atoms with E-state index in [1.165, 1.54) is 12.1 Å². The van der Waals surface area contributed by atoms with Crippen molar-refractivity contribution in [3.63, 3.8) is 0 Å². The maximum absolute atomic E-state index is 5.67. The first-order valence-electron chi connectivity index (χ1n) is 3.84. The van der Waals surface area contributed by atoms with Crippen LogP contribution in [-0.4, -0.2) is 16.3 Å². The maximum atomic E-state index is 5.67. The molecule has 0 radical (unpaired) electrons. The summed E-state index contributed by atoms with van der Waals surface area (Å²) in [5, 5.41) is 7.37. The number of nitrogens with two attached hydrogens (primary N) is 1. The van der Waals surface area contributed by atoms with Crippen LogP contribution in [0.5, 0.6) is 0 Å². The van der Waals surface area contributed by atoms with E-state index in [-0.39, 0.29) is 0 Å². The van der Waals surface area contributed by atoms with Crippen LogP contribution in [0.15, 0.2) is 0 Å². The molecule has 1 aliphatic rings. The molecule has 4 heteroatoms. The highest BCUT2D eigenvalue weighted by Crippen LogP contribution is 2.26. The van der Waals surface area contributed by atoms with Crippen molar-refractivity contribution in [1.29, 1.82) is 0 Å². The summed E-state index contributed by atoms with van der Waals surface area (Å²) in [4.78, 5) is 0. The maximum Gasteiger partial charge on any atom is 0.169 e. The van der Waals surface area contributed by atoms with Gasteiger partial charge in [0.1, 0.15) is 5.69 Å². The first-order chi connectivity index (χ1) is 5.29. The lowest BCUT2D eigenvalue weighted by atomic mass is 10.1. The second-order valence-corrected chi connectivity index (χ2v) is 2.86. The van der Waals surface area contributed by atoms with Gasteiger partial charge in [-0.05, 0) is 12.8 Å². The minimum absolute atomic E-state index is 0.627. The van der Waals surface area contributed by atoms with E-state index in [0.29, 0.717) is 5.82 Å². The normalized spacial score (nSPS) is 15.7. The van der Waals surface area contributed by atoms with Crippen LogP contribution >= 0.6 is 0 Å². The van der Waals surface area contributed by atoms with Crippen molar-refractivity contribution >= 4 is 11.5 Å². The van der Waals surface area contributed by atoms with Crippen molar-refractivity contribution in [2.24, 2.45) is 7.05 Å². The Labute approximate surface area is 65.4 Å². The molecular weight excluding hydrogens is 140 g/mol. The molecule has 0 spiro atoms. The average molecular weight is 152 g/mol. The molecule has 4 nitrogen and oxygen atoms in total. The van der Waals surface area contributed by atoms with Crippen LogP contribution in [0.25, 0.3) is 0 Å². The quantitative estimate of drug-likeness (QED) is 0.564. The van der Waals surface area contributed by atoms with Gasteiger partial charge in [0, 0.05) is 13.6 Å². The van der Waals surface area contributed by atoms with Crippen LogP contribution in [0.3, 0.4) is 0 Å². The first-order valence-corrected chi connectivity index (χ1v) is 3.84. The fourth-order valence-corrected chi connectivity index (χ4v) is 1.53. The molecule has 1 aromatic rings. The van der Waals surface area contributed by atoms with E-state index < -0.39 is 0 Å². The van der Waals surface area contributed by atoms with E-state index in [4.69, 9.17) is 5.73 Å². The number of nitrogen functional groups attached to an aromatic ring is 1. The van der Waals surface area contributed by atoms with Crippen molar-refractivity contribution in [3.05, 3.63) is 5.69 Å². The topological polar surface area (TPSA) is 55.9 Å². The predicted octanol–water partition coefficient (Wildman–Crippen LogP) is 0.360. The number of hydrogen-bond acceptors (Lipinski definition) is 3. The minimum Gasteiger partial charge on any atom is -0.381 e. The number of nitrogens with one attached hydrogen (secondary N) is 1. The van der Waals surface area contributed by atoms with Gasteiger partial charge in [0.2, 0.25) is 0 Å². The standard InChI is InChI=1S/C7H12N4/c1-11-5-3-2-4-9-6(5)7(8)10-11/h9H,2-4H2,1H3,(H2,8,10). The van der Waals surface area contributed by atoms with Crippen LogP contribution in [0, 0.1) is 0 Å². The number of aromatic nitrogens is 2. The van der Waals surface area contributed by atoms with Gasteiger partial charge in [-0.3, -0.25) is 4.68 Å². The Morgan fingerprint density at radius 2 is 2.45 bits per heavy atom. The summed E-state index contributed by atoms with van der Waals surface area (Å²) in [7, 11) is 1.93. The fraction of sp³-hybridized carbons (Fsp3) is 0.571. The Bertz CT molecular complexity index is 250. The third-order valence-electron chi connectivity index (χ3n) is 2.09. The molecule has 0 unspecified atom stereocenters. The highest BCUT2D eigenvalue weighted by molar-refractivity contribution is 5.66. The van der Waals surface area contributed by atoms with Gasteiger partial charge >= 0.3 is 0 Å². The molecule has 0 fully saturated rings. The summed E-state index contributed by atoms with van der Waals surface area (Å²) in [6.07, 6.45) is 2.26.